The third-order valence-electron chi connectivity index (χ3n) is 5.85. The number of amides is 3. The van der Waals surface area contributed by atoms with Gasteiger partial charge in [-0.2, -0.15) is 0 Å². The zero-order valence-electron chi connectivity index (χ0n) is 16.6. The lowest BCUT2D eigenvalue weighted by Crippen LogP contribution is -2.54. The van der Waals surface area contributed by atoms with Gasteiger partial charge in [-0.1, -0.05) is 11.6 Å². The first-order valence-corrected chi connectivity index (χ1v) is 10.6. The van der Waals surface area contributed by atoms with Gasteiger partial charge in [0.1, 0.15) is 6.10 Å². The standard InChI is InChI=1S/C21H27ClN4O3/c1-25(17-4-2-8-26(13-17)20(27)19-5-3-9-29-19)21(28)23-12-16-11-14-10-15(22)6-7-18(14)24-16/h6-7,10-11,17,19,24H,2-5,8-9,12-13H2,1H3,(H,23,28). The number of nitrogens with zero attached hydrogens (tertiary/aromatic N) is 2. The second kappa shape index (κ2) is 8.63. The maximum atomic E-state index is 12.7. The molecule has 2 atom stereocenters. The number of benzene rings is 1. The summed E-state index contributed by atoms with van der Waals surface area (Å²) in [6, 6.07) is 7.52. The number of carbonyl (C=O) groups excluding carboxylic acids is 2. The number of likely N-dealkylation sites (tertiary alicyclic amines) is 1. The van der Waals surface area contributed by atoms with Crippen LogP contribution < -0.4 is 5.32 Å². The molecule has 3 heterocycles. The Labute approximate surface area is 175 Å². The number of aromatic nitrogens is 1. The van der Waals surface area contributed by atoms with Gasteiger partial charge in [0.25, 0.3) is 5.91 Å². The Morgan fingerprint density at radius 1 is 1.31 bits per heavy atom. The molecule has 0 aliphatic carbocycles. The third kappa shape index (κ3) is 4.51. The molecular formula is C21H27ClN4O3. The number of hydrogen-bond acceptors (Lipinski definition) is 3. The van der Waals surface area contributed by atoms with Crippen molar-refractivity contribution in [3.63, 3.8) is 0 Å². The van der Waals surface area contributed by atoms with Crippen LogP contribution in [-0.2, 0) is 16.1 Å². The highest BCUT2D eigenvalue weighted by Gasteiger charge is 2.33. The molecule has 0 bridgehead atoms. The topological polar surface area (TPSA) is 77.7 Å². The molecule has 2 aliphatic rings. The number of H-pyrrole nitrogens is 1. The summed E-state index contributed by atoms with van der Waals surface area (Å²) >= 11 is 6.03. The van der Waals surface area contributed by atoms with Crippen molar-refractivity contribution in [2.45, 2.75) is 44.4 Å². The van der Waals surface area contributed by atoms with Crippen LogP contribution in [0.15, 0.2) is 24.3 Å². The average molecular weight is 419 g/mol. The molecule has 2 fully saturated rings. The van der Waals surface area contributed by atoms with Crippen molar-refractivity contribution in [3.05, 3.63) is 35.0 Å². The Morgan fingerprint density at radius 3 is 2.97 bits per heavy atom. The fourth-order valence-electron chi connectivity index (χ4n) is 4.17. The highest BCUT2D eigenvalue weighted by molar-refractivity contribution is 6.31. The maximum absolute atomic E-state index is 12.7. The number of likely N-dealkylation sites (N-methyl/N-ethyl adjacent to an activating group) is 1. The van der Waals surface area contributed by atoms with Gasteiger partial charge in [-0.15, -0.1) is 0 Å². The van der Waals surface area contributed by atoms with Crippen molar-refractivity contribution in [1.29, 1.82) is 0 Å². The summed E-state index contributed by atoms with van der Waals surface area (Å²) in [4.78, 5) is 32.2. The largest absolute Gasteiger partial charge is 0.368 e. The van der Waals surface area contributed by atoms with E-state index in [2.05, 4.69) is 10.3 Å². The number of aromatic amines is 1. The lowest BCUT2D eigenvalue weighted by Gasteiger charge is -2.38. The fourth-order valence-corrected chi connectivity index (χ4v) is 4.35. The second-order valence-corrected chi connectivity index (χ2v) is 8.31. The Balaban J connectivity index is 1.32. The van der Waals surface area contributed by atoms with E-state index in [0.717, 1.165) is 48.8 Å². The van der Waals surface area contributed by atoms with Crippen LogP contribution in [-0.4, -0.2) is 65.6 Å². The van der Waals surface area contributed by atoms with Crippen molar-refractivity contribution in [3.8, 4) is 0 Å². The predicted octanol–water partition coefficient (Wildman–Crippen LogP) is 3.13. The first kappa shape index (κ1) is 20.0. The quantitative estimate of drug-likeness (QED) is 0.800. The molecule has 29 heavy (non-hydrogen) atoms. The molecular weight excluding hydrogens is 392 g/mol. The molecule has 0 saturated carbocycles. The summed E-state index contributed by atoms with van der Waals surface area (Å²) < 4.78 is 5.54. The van der Waals surface area contributed by atoms with Crippen molar-refractivity contribution in [1.82, 2.24) is 20.1 Å². The molecule has 2 unspecified atom stereocenters. The highest BCUT2D eigenvalue weighted by Crippen LogP contribution is 2.21. The molecule has 0 spiro atoms. The summed E-state index contributed by atoms with van der Waals surface area (Å²) in [5.74, 6) is 0.0674. The Hall–Kier alpha value is -2.25. The predicted molar refractivity (Wildman–Crippen MR) is 112 cm³/mol. The van der Waals surface area contributed by atoms with E-state index < -0.39 is 0 Å². The zero-order valence-corrected chi connectivity index (χ0v) is 17.4. The number of rotatable bonds is 4. The fraction of sp³-hybridized carbons (Fsp3) is 0.524. The van der Waals surface area contributed by atoms with Crippen LogP contribution in [0.2, 0.25) is 5.02 Å². The van der Waals surface area contributed by atoms with Crippen molar-refractivity contribution >= 4 is 34.4 Å². The van der Waals surface area contributed by atoms with Crippen LogP contribution in [0.25, 0.3) is 10.9 Å². The van der Waals surface area contributed by atoms with E-state index >= 15 is 0 Å². The number of halogens is 1. The first-order valence-electron chi connectivity index (χ1n) is 10.2. The molecule has 156 valence electrons. The van der Waals surface area contributed by atoms with Crippen molar-refractivity contribution in [2.75, 3.05) is 26.7 Å². The van der Waals surface area contributed by atoms with Crippen LogP contribution >= 0.6 is 11.6 Å². The van der Waals surface area contributed by atoms with Gasteiger partial charge in [0.05, 0.1) is 12.6 Å². The monoisotopic (exact) mass is 418 g/mol. The molecule has 8 heteroatoms. The molecule has 1 aromatic carbocycles. The molecule has 0 radical (unpaired) electrons. The summed E-state index contributed by atoms with van der Waals surface area (Å²) in [6.07, 6.45) is 3.22. The Morgan fingerprint density at radius 2 is 2.17 bits per heavy atom. The van der Waals surface area contributed by atoms with Gasteiger partial charge in [0.2, 0.25) is 0 Å². The van der Waals surface area contributed by atoms with Gasteiger partial charge in [-0.3, -0.25) is 4.79 Å². The molecule has 2 aliphatic heterocycles. The molecule has 2 N–H and O–H groups in total. The third-order valence-corrected chi connectivity index (χ3v) is 6.09. The Kier molecular flexibility index (Phi) is 5.96. The number of hydrogen-bond donors (Lipinski definition) is 2. The van der Waals surface area contributed by atoms with Gasteiger partial charge in [-0.25, -0.2) is 4.79 Å². The highest BCUT2D eigenvalue weighted by atomic mass is 35.5. The van der Waals surface area contributed by atoms with Crippen LogP contribution in [0.3, 0.4) is 0 Å². The van der Waals surface area contributed by atoms with Crippen LogP contribution in [0.4, 0.5) is 4.79 Å². The number of nitrogens with one attached hydrogen (secondary N) is 2. The number of fused-ring (bicyclic) bond motifs is 1. The van der Waals surface area contributed by atoms with Gasteiger partial charge in [0, 0.05) is 48.4 Å². The van der Waals surface area contributed by atoms with Gasteiger partial charge < -0.3 is 24.8 Å². The van der Waals surface area contributed by atoms with Crippen molar-refractivity contribution < 1.29 is 14.3 Å². The lowest BCUT2D eigenvalue weighted by atomic mass is 10.0. The molecule has 7 nitrogen and oxygen atoms in total. The SMILES string of the molecule is CN(C(=O)NCc1cc2cc(Cl)ccc2[nH]1)C1CCCN(C(=O)C2CCCO2)C1. The normalized spacial score (nSPS) is 22.1. The van der Waals surface area contributed by atoms with E-state index in [0.29, 0.717) is 24.7 Å². The van der Waals surface area contributed by atoms with E-state index in [1.54, 1.807) is 11.9 Å². The van der Waals surface area contributed by atoms with Gasteiger partial charge in [-0.05, 0) is 49.9 Å². The van der Waals surface area contributed by atoms with E-state index in [1.807, 2.05) is 29.2 Å². The lowest BCUT2D eigenvalue weighted by molar-refractivity contribution is -0.142. The van der Waals surface area contributed by atoms with E-state index in [9.17, 15) is 9.59 Å². The summed E-state index contributed by atoms with van der Waals surface area (Å²) in [6.45, 7) is 2.37. The van der Waals surface area contributed by atoms with Crippen LogP contribution in [0.5, 0.6) is 0 Å². The van der Waals surface area contributed by atoms with Crippen LogP contribution in [0.1, 0.15) is 31.4 Å². The minimum absolute atomic E-state index is 0.00984. The summed E-state index contributed by atoms with van der Waals surface area (Å²) in [7, 11) is 1.80. The van der Waals surface area contributed by atoms with E-state index in [-0.39, 0.29) is 24.1 Å². The minimum Gasteiger partial charge on any atom is -0.368 e. The van der Waals surface area contributed by atoms with Gasteiger partial charge >= 0.3 is 6.03 Å². The zero-order chi connectivity index (χ0) is 20.4. The van der Waals surface area contributed by atoms with Crippen molar-refractivity contribution in [2.24, 2.45) is 0 Å². The summed E-state index contributed by atoms with van der Waals surface area (Å²) in [5.41, 5.74) is 1.91. The molecule has 4 rings (SSSR count). The average Bonchev–Trinajstić information content (AvgIpc) is 3.40. The van der Waals surface area contributed by atoms with Crippen LogP contribution in [0, 0.1) is 0 Å². The number of piperidine rings is 1. The second-order valence-electron chi connectivity index (χ2n) is 7.88. The first-order chi connectivity index (χ1) is 14.0. The summed E-state index contributed by atoms with van der Waals surface area (Å²) in [5, 5.41) is 4.67. The number of carbonyl (C=O) groups is 2. The van der Waals surface area contributed by atoms with E-state index in [4.69, 9.17) is 16.3 Å². The maximum Gasteiger partial charge on any atom is 0.317 e. The number of urea groups is 1. The molecule has 2 saturated heterocycles. The number of ether oxygens (including phenoxy) is 1. The van der Waals surface area contributed by atoms with E-state index in [1.165, 1.54) is 0 Å². The minimum atomic E-state index is -0.302. The molecule has 2 aromatic rings. The molecule has 1 aromatic heterocycles. The smallest absolute Gasteiger partial charge is 0.317 e. The Bertz CT molecular complexity index is 893. The van der Waals surface area contributed by atoms with Gasteiger partial charge in [0.15, 0.2) is 0 Å². The molecule has 3 amide bonds.